The summed E-state index contributed by atoms with van der Waals surface area (Å²) >= 11 is 0. The van der Waals surface area contributed by atoms with Gasteiger partial charge in [-0.1, -0.05) is 12.1 Å². The van der Waals surface area contributed by atoms with E-state index in [1.165, 1.54) is 31.2 Å². The zero-order valence-corrected chi connectivity index (χ0v) is 10.6. The van der Waals surface area contributed by atoms with E-state index in [0.717, 1.165) is 6.07 Å². The molecule has 20 heavy (non-hydrogen) atoms. The monoisotopic (exact) mass is 278 g/mol. The summed E-state index contributed by atoms with van der Waals surface area (Å²) in [5.74, 6) is -2.86. The highest BCUT2D eigenvalue weighted by atomic mass is 19.1. The molecule has 4 N–H and O–H groups in total. The van der Waals surface area contributed by atoms with E-state index in [2.05, 4.69) is 5.32 Å². The highest BCUT2D eigenvalue weighted by Crippen LogP contribution is 2.31. The van der Waals surface area contributed by atoms with Gasteiger partial charge >= 0.3 is 5.97 Å². The number of carbonyl (C=O) groups is 1. The van der Waals surface area contributed by atoms with Crippen LogP contribution in [-0.4, -0.2) is 11.1 Å². The fourth-order valence-corrected chi connectivity index (χ4v) is 1.78. The number of aryl methyl sites for hydroxylation is 1. The summed E-state index contributed by atoms with van der Waals surface area (Å²) in [6.45, 7) is 1.48. The van der Waals surface area contributed by atoms with E-state index in [1.54, 1.807) is 0 Å². The molecule has 2 rings (SSSR count). The topological polar surface area (TPSA) is 75.3 Å². The second-order valence-electron chi connectivity index (χ2n) is 4.25. The van der Waals surface area contributed by atoms with Crippen LogP contribution in [0, 0.1) is 18.6 Å². The maximum atomic E-state index is 13.9. The van der Waals surface area contributed by atoms with Gasteiger partial charge in [-0.05, 0) is 30.7 Å². The van der Waals surface area contributed by atoms with Crippen LogP contribution in [0.3, 0.4) is 0 Å². The molecular weight excluding hydrogens is 266 g/mol. The van der Waals surface area contributed by atoms with Gasteiger partial charge in [-0.2, -0.15) is 0 Å². The minimum absolute atomic E-state index is 0.0385. The number of nitrogens with two attached hydrogens (primary N) is 1. The summed E-state index contributed by atoms with van der Waals surface area (Å²) in [4.78, 5) is 11.1. The highest BCUT2D eigenvalue weighted by Gasteiger charge is 2.17. The van der Waals surface area contributed by atoms with Crippen molar-refractivity contribution in [2.75, 3.05) is 11.1 Å². The molecule has 2 aromatic rings. The largest absolute Gasteiger partial charge is 0.478 e. The minimum atomic E-state index is -1.24. The van der Waals surface area contributed by atoms with E-state index in [1.807, 2.05) is 0 Å². The Labute approximate surface area is 113 Å². The van der Waals surface area contributed by atoms with Crippen molar-refractivity contribution in [3.8, 4) is 0 Å². The van der Waals surface area contributed by atoms with E-state index in [-0.39, 0.29) is 22.5 Å². The normalized spacial score (nSPS) is 10.3. The molecule has 0 aromatic heterocycles. The Morgan fingerprint density at radius 3 is 2.55 bits per heavy atom. The predicted octanol–water partition coefficient (Wildman–Crippen LogP) is 3.30. The number of aromatic carboxylic acids is 1. The Balaban J connectivity index is 2.56. The van der Waals surface area contributed by atoms with Crippen LogP contribution >= 0.6 is 0 Å². The lowest BCUT2D eigenvalue weighted by molar-refractivity contribution is 0.0698. The molecule has 0 saturated heterocycles. The Morgan fingerprint density at radius 1 is 1.20 bits per heavy atom. The van der Waals surface area contributed by atoms with Crippen LogP contribution < -0.4 is 11.1 Å². The van der Waals surface area contributed by atoms with Gasteiger partial charge in [0.2, 0.25) is 0 Å². The van der Waals surface area contributed by atoms with E-state index in [0.29, 0.717) is 0 Å². The van der Waals surface area contributed by atoms with Crippen LogP contribution in [0.4, 0.5) is 25.8 Å². The third-order valence-corrected chi connectivity index (χ3v) is 2.86. The molecule has 0 heterocycles. The minimum Gasteiger partial charge on any atom is -0.478 e. The third kappa shape index (κ3) is 2.40. The fourth-order valence-electron chi connectivity index (χ4n) is 1.78. The van der Waals surface area contributed by atoms with Crippen molar-refractivity contribution in [3.63, 3.8) is 0 Å². The van der Waals surface area contributed by atoms with Crippen molar-refractivity contribution < 1.29 is 18.7 Å². The van der Waals surface area contributed by atoms with Gasteiger partial charge in [0.15, 0.2) is 5.82 Å². The number of halogens is 2. The molecule has 0 radical (unpaired) electrons. The quantitative estimate of drug-likeness (QED) is 0.753. The van der Waals surface area contributed by atoms with Crippen LogP contribution in [0.15, 0.2) is 30.3 Å². The van der Waals surface area contributed by atoms with E-state index in [4.69, 9.17) is 10.8 Å². The average molecular weight is 278 g/mol. The van der Waals surface area contributed by atoms with Crippen LogP contribution in [0.1, 0.15) is 15.9 Å². The Bertz CT molecular complexity index is 687. The second-order valence-corrected chi connectivity index (χ2v) is 4.25. The molecule has 2 aromatic carbocycles. The molecule has 0 aliphatic rings. The summed E-state index contributed by atoms with van der Waals surface area (Å²) in [6.07, 6.45) is 0. The molecule has 0 bridgehead atoms. The lowest BCUT2D eigenvalue weighted by Crippen LogP contribution is -2.08. The smallest absolute Gasteiger partial charge is 0.337 e. The summed E-state index contributed by atoms with van der Waals surface area (Å²) < 4.78 is 27.6. The molecule has 0 atom stereocenters. The molecule has 0 aliphatic heterocycles. The maximum absolute atomic E-state index is 13.9. The Hall–Kier alpha value is -2.63. The van der Waals surface area contributed by atoms with Gasteiger partial charge in [-0.15, -0.1) is 0 Å². The lowest BCUT2D eigenvalue weighted by atomic mass is 10.1. The number of nitrogen functional groups attached to an aromatic ring is 1. The van der Waals surface area contributed by atoms with Crippen molar-refractivity contribution >= 4 is 23.0 Å². The van der Waals surface area contributed by atoms with E-state index in [9.17, 15) is 13.6 Å². The Kier molecular flexibility index (Phi) is 3.56. The van der Waals surface area contributed by atoms with Crippen molar-refractivity contribution in [1.82, 2.24) is 0 Å². The molecule has 0 aliphatic carbocycles. The standard InChI is InChI=1S/C14H12F2N2O2/c1-7-5-6-9(15)13(11(7)16)18-12-8(14(19)20)3-2-4-10(12)17/h2-6,18H,17H2,1H3,(H,19,20). The Morgan fingerprint density at radius 2 is 1.90 bits per heavy atom. The first kappa shape index (κ1) is 13.8. The van der Waals surface area contributed by atoms with Gasteiger partial charge in [0, 0.05) is 0 Å². The van der Waals surface area contributed by atoms with Crippen molar-refractivity contribution in [1.29, 1.82) is 0 Å². The van der Waals surface area contributed by atoms with Gasteiger partial charge in [0.25, 0.3) is 0 Å². The maximum Gasteiger partial charge on any atom is 0.337 e. The van der Waals surface area contributed by atoms with Crippen molar-refractivity contribution in [3.05, 3.63) is 53.1 Å². The first-order chi connectivity index (χ1) is 9.41. The third-order valence-electron chi connectivity index (χ3n) is 2.86. The lowest BCUT2D eigenvalue weighted by Gasteiger charge is -2.14. The first-order valence-corrected chi connectivity index (χ1v) is 5.75. The number of para-hydroxylation sites is 1. The highest BCUT2D eigenvalue weighted by molar-refractivity contribution is 5.98. The molecule has 0 unspecified atom stereocenters. The van der Waals surface area contributed by atoms with Crippen LogP contribution in [0.5, 0.6) is 0 Å². The van der Waals surface area contributed by atoms with Crippen LogP contribution in [0.25, 0.3) is 0 Å². The fraction of sp³-hybridized carbons (Fsp3) is 0.0714. The second kappa shape index (κ2) is 5.16. The summed E-state index contributed by atoms with van der Waals surface area (Å²) in [5.41, 5.74) is 5.37. The number of hydrogen-bond donors (Lipinski definition) is 3. The number of carboxylic acids is 1. The van der Waals surface area contributed by atoms with Gasteiger partial charge in [0.1, 0.15) is 11.5 Å². The molecule has 6 heteroatoms. The van der Waals surface area contributed by atoms with E-state index < -0.39 is 23.3 Å². The van der Waals surface area contributed by atoms with Gasteiger partial charge in [0.05, 0.1) is 16.9 Å². The number of nitrogens with one attached hydrogen (secondary N) is 1. The predicted molar refractivity (Wildman–Crippen MR) is 72.2 cm³/mol. The molecule has 0 spiro atoms. The first-order valence-electron chi connectivity index (χ1n) is 5.75. The van der Waals surface area contributed by atoms with Crippen LogP contribution in [0.2, 0.25) is 0 Å². The van der Waals surface area contributed by atoms with Crippen LogP contribution in [-0.2, 0) is 0 Å². The molecular formula is C14H12F2N2O2. The van der Waals surface area contributed by atoms with Crippen molar-refractivity contribution in [2.24, 2.45) is 0 Å². The van der Waals surface area contributed by atoms with Gasteiger partial charge in [-0.3, -0.25) is 0 Å². The van der Waals surface area contributed by atoms with E-state index >= 15 is 0 Å². The molecule has 0 amide bonds. The zero-order chi connectivity index (χ0) is 14.9. The SMILES string of the molecule is Cc1ccc(F)c(Nc2c(N)cccc2C(=O)O)c1F. The summed E-state index contributed by atoms with van der Waals surface area (Å²) in [5, 5.41) is 11.5. The molecule has 0 fully saturated rings. The zero-order valence-electron chi connectivity index (χ0n) is 10.6. The molecule has 4 nitrogen and oxygen atoms in total. The van der Waals surface area contributed by atoms with Gasteiger partial charge in [-0.25, -0.2) is 13.6 Å². The van der Waals surface area contributed by atoms with Gasteiger partial charge < -0.3 is 16.2 Å². The summed E-state index contributed by atoms with van der Waals surface area (Å²) in [6, 6.07) is 6.59. The average Bonchev–Trinajstić information content (AvgIpc) is 2.40. The van der Waals surface area contributed by atoms with Crippen molar-refractivity contribution in [2.45, 2.75) is 6.92 Å². The number of benzene rings is 2. The number of carboxylic acid groups (broad SMARTS) is 1. The number of hydrogen-bond acceptors (Lipinski definition) is 3. The molecule has 104 valence electrons. The number of rotatable bonds is 3. The summed E-state index contributed by atoms with van der Waals surface area (Å²) in [7, 11) is 0. The molecule has 0 saturated carbocycles. The number of anilines is 3.